The van der Waals surface area contributed by atoms with Gasteiger partial charge in [0, 0.05) is 19.6 Å². The van der Waals surface area contributed by atoms with Gasteiger partial charge in [0.05, 0.1) is 31.3 Å². The molecule has 6 atom stereocenters. The first kappa shape index (κ1) is 28.8. The lowest BCUT2D eigenvalue weighted by Crippen LogP contribution is -2.63. The summed E-state index contributed by atoms with van der Waals surface area (Å²) in [6, 6.07) is 0. The second-order valence-electron chi connectivity index (χ2n) is 12.1. The lowest BCUT2D eigenvalue weighted by molar-refractivity contribution is -0.251. The molecule has 1 saturated heterocycles. The van der Waals surface area contributed by atoms with E-state index in [4.69, 9.17) is 32.8 Å². The third-order valence-corrected chi connectivity index (χ3v) is 13.6. The van der Waals surface area contributed by atoms with E-state index in [-0.39, 0.29) is 36.8 Å². The number of hydrogen-bond acceptors (Lipinski definition) is 8. The van der Waals surface area contributed by atoms with Crippen LogP contribution in [0.25, 0.3) is 0 Å². The van der Waals surface area contributed by atoms with Crippen LogP contribution >= 0.6 is 0 Å². The van der Waals surface area contributed by atoms with Gasteiger partial charge in [-0.25, -0.2) is 0 Å². The highest BCUT2D eigenvalue weighted by Gasteiger charge is 2.82. The Hall–Kier alpha value is -0.813. The Morgan fingerprint density at radius 1 is 1.17 bits per heavy atom. The molecule has 0 aromatic carbocycles. The van der Waals surface area contributed by atoms with Crippen LogP contribution in [0.1, 0.15) is 53.9 Å². The minimum absolute atomic E-state index is 0.0998. The Kier molecular flexibility index (Phi) is 8.34. The normalized spacial score (nSPS) is 37.1. The van der Waals surface area contributed by atoms with Gasteiger partial charge in [0.1, 0.15) is 19.5 Å². The number of allylic oxidation sites excluding steroid dienone is 1. The number of methoxy groups -OCH3 is 3. The molecule has 0 unspecified atom stereocenters. The SMILES string of the molecule is COCOC[C@]12CCC(C)=C[C@H]1O[C@]1(O[Si](C)(C)C(C)(C)C)[C@H](C(=O)OC)C[C@@H](OCOC)[C@]21C. The molecule has 0 bridgehead atoms. The second kappa shape index (κ2) is 10.2. The molecule has 0 amide bonds. The zero-order valence-electron chi connectivity index (χ0n) is 23.3. The summed E-state index contributed by atoms with van der Waals surface area (Å²) in [5, 5.41) is -0.0998. The Morgan fingerprint density at radius 2 is 1.83 bits per heavy atom. The van der Waals surface area contributed by atoms with Gasteiger partial charge in [-0.3, -0.25) is 4.79 Å². The molecule has 35 heavy (non-hydrogen) atoms. The summed E-state index contributed by atoms with van der Waals surface area (Å²) in [6.07, 6.45) is 3.67. The van der Waals surface area contributed by atoms with E-state index in [2.05, 4.69) is 53.8 Å². The van der Waals surface area contributed by atoms with E-state index < -0.39 is 30.9 Å². The average molecular weight is 515 g/mol. The summed E-state index contributed by atoms with van der Waals surface area (Å²) in [5.41, 5.74) is 0.0456. The third-order valence-electron chi connectivity index (χ3n) is 9.21. The summed E-state index contributed by atoms with van der Waals surface area (Å²) >= 11 is 0. The number of hydrogen-bond donors (Lipinski definition) is 0. The molecule has 0 spiro atoms. The van der Waals surface area contributed by atoms with Crippen LogP contribution in [0.2, 0.25) is 18.1 Å². The van der Waals surface area contributed by atoms with Crippen molar-refractivity contribution < 1.29 is 37.6 Å². The maximum atomic E-state index is 13.4. The van der Waals surface area contributed by atoms with Crippen LogP contribution in [0, 0.1) is 16.7 Å². The smallest absolute Gasteiger partial charge is 0.314 e. The third kappa shape index (κ3) is 4.45. The molecule has 0 aromatic heterocycles. The van der Waals surface area contributed by atoms with Crippen LogP contribution in [0.4, 0.5) is 0 Å². The molecule has 0 N–H and O–H groups in total. The summed E-state index contributed by atoms with van der Waals surface area (Å²) in [4.78, 5) is 13.4. The van der Waals surface area contributed by atoms with Gasteiger partial charge in [0.2, 0.25) is 0 Å². The van der Waals surface area contributed by atoms with E-state index in [1.807, 2.05) is 0 Å². The molecule has 1 heterocycles. The number of ether oxygens (including phenoxy) is 6. The van der Waals surface area contributed by atoms with Crippen LogP contribution in [-0.4, -0.2) is 73.8 Å². The van der Waals surface area contributed by atoms with Gasteiger partial charge in [-0.15, -0.1) is 0 Å². The van der Waals surface area contributed by atoms with E-state index >= 15 is 0 Å². The van der Waals surface area contributed by atoms with Gasteiger partial charge < -0.3 is 32.8 Å². The van der Waals surface area contributed by atoms with Gasteiger partial charge in [-0.1, -0.05) is 39.3 Å². The highest BCUT2D eigenvalue weighted by Crippen LogP contribution is 2.72. The second-order valence-corrected chi connectivity index (χ2v) is 16.8. The maximum Gasteiger partial charge on any atom is 0.314 e. The average Bonchev–Trinajstić information content (AvgIpc) is 3.12. The number of carbonyl (C=O) groups excluding carboxylic acids is 1. The molecular weight excluding hydrogens is 468 g/mol. The first-order valence-corrected chi connectivity index (χ1v) is 15.5. The Balaban J connectivity index is 2.26. The van der Waals surface area contributed by atoms with E-state index in [0.29, 0.717) is 13.0 Å². The van der Waals surface area contributed by atoms with E-state index in [1.165, 1.54) is 12.7 Å². The number of carbonyl (C=O) groups is 1. The van der Waals surface area contributed by atoms with Crippen LogP contribution in [-0.2, 0) is 37.6 Å². The maximum absolute atomic E-state index is 13.4. The molecule has 1 aliphatic heterocycles. The van der Waals surface area contributed by atoms with E-state index in [9.17, 15) is 4.79 Å². The molecule has 202 valence electrons. The number of esters is 1. The van der Waals surface area contributed by atoms with Crippen LogP contribution in [0.3, 0.4) is 0 Å². The molecule has 3 aliphatic rings. The molecule has 0 aromatic rings. The van der Waals surface area contributed by atoms with Gasteiger partial charge in [-0.05, 0) is 44.3 Å². The zero-order chi connectivity index (χ0) is 26.3. The number of rotatable bonds is 10. The van der Waals surface area contributed by atoms with E-state index in [1.54, 1.807) is 14.2 Å². The predicted octanol–water partition coefficient (Wildman–Crippen LogP) is 4.64. The Labute approximate surface area is 212 Å². The quantitative estimate of drug-likeness (QED) is 0.137. The van der Waals surface area contributed by atoms with Gasteiger partial charge in [-0.2, -0.15) is 0 Å². The van der Waals surface area contributed by atoms with Crippen molar-refractivity contribution in [2.45, 2.75) is 90.0 Å². The largest absolute Gasteiger partial charge is 0.469 e. The minimum atomic E-state index is -2.43. The van der Waals surface area contributed by atoms with Gasteiger partial charge >= 0.3 is 5.97 Å². The first-order valence-electron chi connectivity index (χ1n) is 12.6. The summed E-state index contributed by atoms with van der Waals surface area (Å²) < 4.78 is 42.6. The van der Waals surface area contributed by atoms with Crippen molar-refractivity contribution in [3.8, 4) is 0 Å². The van der Waals surface area contributed by atoms with Crippen molar-refractivity contribution in [3.05, 3.63) is 11.6 Å². The molecule has 0 radical (unpaired) electrons. The van der Waals surface area contributed by atoms with Gasteiger partial charge in [0.15, 0.2) is 14.1 Å². The molecule has 9 heteroatoms. The fraction of sp³-hybridized carbons (Fsp3) is 0.885. The molecular formula is C26H46O8Si. The molecule has 8 nitrogen and oxygen atoms in total. The highest BCUT2D eigenvalue weighted by molar-refractivity contribution is 6.74. The van der Waals surface area contributed by atoms with Crippen LogP contribution in [0.15, 0.2) is 11.6 Å². The van der Waals surface area contributed by atoms with E-state index in [0.717, 1.165) is 12.8 Å². The van der Waals surface area contributed by atoms with Gasteiger partial charge in [0.25, 0.3) is 0 Å². The summed E-state index contributed by atoms with van der Waals surface area (Å²) in [6.45, 7) is 15.9. The highest BCUT2D eigenvalue weighted by atomic mass is 28.4. The van der Waals surface area contributed by atoms with Crippen molar-refractivity contribution in [2.75, 3.05) is 41.5 Å². The molecule has 2 aliphatic carbocycles. The summed E-state index contributed by atoms with van der Waals surface area (Å²) in [5.74, 6) is -2.22. The van der Waals surface area contributed by atoms with Crippen molar-refractivity contribution in [3.63, 3.8) is 0 Å². The Morgan fingerprint density at radius 3 is 2.40 bits per heavy atom. The lowest BCUT2D eigenvalue weighted by atomic mass is 9.55. The monoisotopic (exact) mass is 514 g/mol. The topological polar surface area (TPSA) is 81.7 Å². The number of fused-ring (bicyclic) bond motifs is 3. The molecule has 1 saturated carbocycles. The standard InChI is InChI=1S/C26H46O8Si/c1-18-11-12-25(15-31-16-28-6)21(13-18)33-26(34-35(9,10)23(2,3)4)19(22(27)30-8)14-20(24(25,26)5)32-17-29-7/h13,19-21H,11-12,14-17H2,1-10H3/t19-,20+,21+,24+,25+,26-/m0/s1. The summed E-state index contributed by atoms with van der Waals surface area (Å²) in [7, 11) is 2.21. The van der Waals surface area contributed by atoms with Crippen molar-refractivity contribution in [2.24, 2.45) is 16.7 Å². The van der Waals surface area contributed by atoms with Crippen molar-refractivity contribution in [1.29, 1.82) is 0 Å². The predicted molar refractivity (Wildman–Crippen MR) is 134 cm³/mol. The van der Waals surface area contributed by atoms with Crippen LogP contribution in [0.5, 0.6) is 0 Å². The lowest BCUT2D eigenvalue weighted by Gasteiger charge is -2.53. The zero-order valence-corrected chi connectivity index (χ0v) is 24.3. The van der Waals surface area contributed by atoms with Crippen molar-refractivity contribution >= 4 is 14.3 Å². The fourth-order valence-electron chi connectivity index (χ4n) is 6.14. The minimum Gasteiger partial charge on any atom is -0.469 e. The molecule has 2 fully saturated rings. The Bertz CT molecular complexity index is 808. The fourth-order valence-corrected chi connectivity index (χ4v) is 7.61. The molecule has 3 rings (SSSR count). The van der Waals surface area contributed by atoms with Crippen molar-refractivity contribution in [1.82, 2.24) is 0 Å². The first-order chi connectivity index (χ1) is 16.3. The van der Waals surface area contributed by atoms with Crippen LogP contribution < -0.4 is 0 Å².